The Labute approximate surface area is 115 Å². The summed E-state index contributed by atoms with van der Waals surface area (Å²) in [6.45, 7) is 2.79. The summed E-state index contributed by atoms with van der Waals surface area (Å²) in [4.78, 5) is 4.22. The van der Waals surface area contributed by atoms with Crippen LogP contribution in [0.25, 0.3) is 0 Å². The number of rotatable bonds is 7. The van der Waals surface area contributed by atoms with E-state index < -0.39 is 12.6 Å². The van der Waals surface area contributed by atoms with Crippen LogP contribution in [0.3, 0.4) is 0 Å². The normalized spacial score (nSPS) is 11.6. The van der Waals surface area contributed by atoms with E-state index in [1.54, 1.807) is 12.1 Å². The molecule has 7 heteroatoms. The first-order chi connectivity index (χ1) is 8.92. The topological polar surface area (TPSA) is 34.1 Å². The molecule has 0 atom stereocenters. The van der Waals surface area contributed by atoms with E-state index in [0.29, 0.717) is 16.5 Å². The number of ether oxygens (including phenoxy) is 1. The highest BCUT2D eigenvalue weighted by Crippen LogP contribution is 2.21. The van der Waals surface area contributed by atoms with Gasteiger partial charge in [-0.3, -0.25) is 0 Å². The van der Waals surface area contributed by atoms with Gasteiger partial charge >= 0.3 is 6.18 Å². The second-order valence-electron chi connectivity index (χ2n) is 3.93. The molecule has 19 heavy (non-hydrogen) atoms. The summed E-state index contributed by atoms with van der Waals surface area (Å²) in [7, 11) is 0. The van der Waals surface area contributed by atoms with Crippen LogP contribution >= 0.6 is 11.6 Å². The van der Waals surface area contributed by atoms with Gasteiger partial charge in [-0.15, -0.1) is 0 Å². The molecular weight excluding hydrogens is 281 g/mol. The summed E-state index contributed by atoms with van der Waals surface area (Å²) in [6, 6.07) is 3.42. The molecule has 1 N–H and O–H groups in total. The summed E-state index contributed by atoms with van der Waals surface area (Å²) in [5, 5.41) is 3.46. The highest BCUT2D eigenvalue weighted by atomic mass is 35.5. The van der Waals surface area contributed by atoms with Crippen LogP contribution in [0.2, 0.25) is 5.02 Å². The van der Waals surface area contributed by atoms with Gasteiger partial charge in [0, 0.05) is 19.6 Å². The molecule has 0 aliphatic carbocycles. The molecule has 1 heterocycles. The zero-order valence-corrected chi connectivity index (χ0v) is 11.3. The molecular formula is C12H16ClF3N2O. The molecule has 0 saturated carbocycles. The molecule has 1 aromatic rings. The highest BCUT2D eigenvalue weighted by molar-refractivity contribution is 6.31. The average molecular weight is 297 g/mol. The first kappa shape index (κ1) is 16.0. The van der Waals surface area contributed by atoms with Crippen molar-refractivity contribution in [2.45, 2.75) is 32.5 Å². The van der Waals surface area contributed by atoms with Crippen LogP contribution in [-0.4, -0.2) is 24.3 Å². The van der Waals surface area contributed by atoms with Gasteiger partial charge in [0.2, 0.25) is 0 Å². The second kappa shape index (κ2) is 7.55. The fourth-order valence-corrected chi connectivity index (χ4v) is 1.57. The first-order valence-electron chi connectivity index (χ1n) is 5.96. The molecule has 0 saturated heterocycles. The number of nitrogens with one attached hydrogen (secondary N) is 1. The molecule has 0 spiro atoms. The predicted octanol–water partition coefficient (Wildman–Crippen LogP) is 4.03. The van der Waals surface area contributed by atoms with Crippen molar-refractivity contribution in [1.29, 1.82) is 0 Å². The Balaban J connectivity index is 2.38. The summed E-state index contributed by atoms with van der Waals surface area (Å²) in [5.74, 6) is 0.667. The zero-order chi connectivity index (χ0) is 14.3. The van der Waals surface area contributed by atoms with Gasteiger partial charge < -0.3 is 10.1 Å². The van der Waals surface area contributed by atoms with E-state index in [1.807, 2.05) is 6.92 Å². The summed E-state index contributed by atoms with van der Waals surface area (Å²) < 4.78 is 40.9. The number of nitrogens with zero attached hydrogens (tertiary/aromatic N) is 1. The van der Waals surface area contributed by atoms with Gasteiger partial charge in [0.05, 0.1) is 17.3 Å². The number of aromatic nitrogens is 1. The van der Waals surface area contributed by atoms with E-state index in [2.05, 4.69) is 10.3 Å². The fourth-order valence-electron chi connectivity index (χ4n) is 1.41. The zero-order valence-electron chi connectivity index (χ0n) is 10.6. The van der Waals surface area contributed by atoms with Crippen LogP contribution < -0.4 is 5.32 Å². The van der Waals surface area contributed by atoms with Crippen molar-refractivity contribution in [2.75, 3.05) is 18.5 Å². The molecule has 0 aliphatic rings. The van der Waals surface area contributed by atoms with Crippen LogP contribution in [-0.2, 0) is 11.3 Å². The third kappa shape index (κ3) is 6.63. The van der Waals surface area contributed by atoms with Crippen molar-refractivity contribution in [1.82, 2.24) is 4.98 Å². The fraction of sp³-hybridized carbons (Fsp3) is 0.583. The number of alkyl halides is 3. The van der Waals surface area contributed by atoms with Gasteiger partial charge in [-0.25, -0.2) is 4.98 Å². The Hall–Kier alpha value is -1.01. The van der Waals surface area contributed by atoms with Gasteiger partial charge in [-0.1, -0.05) is 11.6 Å². The van der Waals surface area contributed by atoms with Gasteiger partial charge in [-0.2, -0.15) is 13.2 Å². The molecule has 0 fully saturated rings. The van der Waals surface area contributed by atoms with E-state index >= 15 is 0 Å². The minimum absolute atomic E-state index is 0.0307. The summed E-state index contributed by atoms with van der Waals surface area (Å²) in [5.41, 5.74) is 0.520. The number of halogens is 4. The number of hydrogen-bond donors (Lipinski definition) is 1. The van der Waals surface area contributed by atoms with Crippen LogP contribution in [0, 0.1) is 0 Å². The Morgan fingerprint density at radius 2 is 2.11 bits per heavy atom. The van der Waals surface area contributed by atoms with E-state index in [4.69, 9.17) is 16.3 Å². The van der Waals surface area contributed by atoms with E-state index in [-0.39, 0.29) is 19.6 Å². The maximum absolute atomic E-state index is 11.9. The number of hydrogen-bond acceptors (Lipinski definition) is 3. The molecule has 1 rings (SSSR count). The van der Waals surface area contributed by atoms with Gasteiger partial charge in [0.25, 0.3) is 0 Å². The van der Waals surface area contributed by atoms with E-state index in [9.17, 15) is 13.2 Å². The van der Waals surface area contributed by atoms with Gasteiger partial charge in [0.15, 0.2) is 0 Å². The average Bonchev–Trinajstić information content (AvgIpc) is 2.31. The smallest absolute Gasteiger partial charge is 0.375 e. The van der Waals surface area contributed by atoms with Crippen LogP contribution in [0.4, 0.5) is 19.0 Å². The number of anilines is 1. The Morgan fingerprint density at radius 1 is 1.37 bits per heavy atom. The van der Waals surface area contributed by atoms with Crippen molar-refractivity contribution < 1.29 is 17.9 Å². The number of pyridine rings is 1. The van der Waals surface area contributed by atoms with Crippen molar-refractivity contribution in [3.63, 3.8) is 0 Å². The third-order valence-corrected chi connectivity index (χ3v) is 2.61. The molecule has 0 bridgehead atoms. The van der Waals surface area contributed by atoms with Crippen molar-refractivity contribution in [3.05, 3.63) is 22.8 Å². The van der Waals surface area contributed by atoms with E-state index in [1.165, 1.54) is 0 Å². The molecule has 108 valence electrons. The Bertz CT molecular complexity index is 399. The van der Waals surface area contributed by atoms with Crippen LogP contribution in [0.5, 0.6) is 0 Å². The van der Waals surface area contributed by atoms with Crippen LogP contribution in [0.1, 0.15) is 25.5 Å². The molecule has 0 amide bonds. The van der Waals surface area contributed by atoms with Crippen molar-refractivity contribution in [3.8, 4) is 0 Å². The SMILES string of the molecule is CCNc1ccc(Cl)c(COCCCC(F)(F)F)n1. The molecule has 0 aliphatic heterocycles. The Kier molecular flexibility index (Phi) is 6.37. The van der Waals surface area contributed by atoms with Gasteiger partial charge in [0.1, 0.15) is 5.82 Å². The lowest BCUT2D eigenvalue weighted by Crippen LogP contribution is -2.09. The maximum Gasteiger partial charge on any atom is 0.389 e. The largest absolute Gasteiger partial charge is 0.389 e. The highest BCUT2D eigenvalue weighted by Gasteiger charge is 2.25. The predicted molar refractivity (Wildman–Crippen MR) is 68.4 cm³/mol. The van der Waals surface area contributed by atoms with Crippen LogP contribution in [0.15, 0.2) is 12.1 Å². The molecule has 3 nitrogen and oxygen atoms in total. The maximum atomic E-state index is 11.9. The van der Waals surface area contributed by atoms with Gasteiger partial charge in [-0.05, 0) is 25.5 Å². The molecule has 0 radical (unpaired) electrons. The lowest BCUT2D eigenvalue weighted by atomic mass is 10.3. The lowest BCUT2D eigenvalue weighted by molar-refractivity contribution is -0.138. The molecule has 0 aromatic carbocycles. The summed E-state index contributed by atoms with van der Waals surface area (Å²) in [6.07, 6.45) is -5.04. The summed E-state index contributed by atoms with van der Waals surface area (Å²) >= 11 is 5.93. The lowest BCUT2D eigenvalue weighted by Gasteiger charge is -2.09. The monoisotopic (exact) mass is 296 g/mol. The quantitative estimate of drug-likeness (QED) is 0.772. The minimum atomic E-state index is -4.13. The minimum Gasteiger partial charge on any atom is -0.375 e. The molecule has 1 aromatic heterocycles. The van der Waals surface area contributed by atoms with Crippen molar-refractivity contribution >= 4 is 17.4 Å². The third-order valence-electron chi connectivity index (χ3n) is 2.26. The molecule has 0 unspecified atom stereocenters. The Morgan fingerprint density at radius 3 is 2.74 bits per heavy atom. The standard InChI is InChI=1S/C12H16ClF3N2O/c1-2-17-11-5-4-9(13)10(18-11)8-19-7-3-6-12(14,15)16/h4-5H,2-3,6-8H2,1H3,(H,17,18). The first-order valence-corrected chi connectivity index (χ1v) is 6.34. The van der Waals surface area contributed by atoms with Crippen molar-refractivity contribution in [2.24, 2.45) is 0 Å². The second-order valence-corrected chi connectivity index (χ2v) is 4.33. The van der Waals surface area contributed by atoms with E-state index in [0.717, 1.165) is 6.54 Å².